The van der Waals surface area contributed by atoms with Crippen LogP contribution in [0.25, 0.3) is 11.1 Å². The molecule has 0 spiro atoms. The Balaban J connectivity index is 1.32. The molecule has 0 heterocycles. The highest BCUT2D eigenvalue weighted by atomic mass is 35.5. The van der Waals surface area contributed by atoms with E-state index in [4.69, 9.17) is 16.3 Å². The Morgan fingerprint density at radius 1 is 1.00 bits per heavy atom. The molecule has 3 aromatic rings. The Kier molecular flexibility index (Phi) is 7.20. The van der Waals surface area contributed by atoms with Crippen LogP contribution in [0, 0.1) is 0 Å². The molecule has 0 saturated heterocycles. The van der Waals surface area contributed by atoms with Gasteiger partial charge < -0.3 is 25.0 Å². The Bertz CT molecular complexity index is 1170. The summed E-state index contributed by atoms with van der Waals surface area (Å²) in [5.41, 5.74) is 4.23. The fourth-order valence-corrected chi connectivity index (χ4v) is 4.38. The van der Waals surface area contributed by atoms with E-state index < -0.39 is 30.4 Å². The minimum Gasteiger partial charge on any atom is -0.449 e. The van der Waals surface area contributed by atoms with E-state index in [-0.39, 0.29) is 29.7 Å². The van der Waals surface area contributed by atoms with E-state index in [0.717, 1.165) is 40.5 Å². The van der Waals surface area contributed by atoms with E-state index in [1.165, 1.54) is 0 Å². The monoisotopic (exact) mass is 507 g/mol. The second-order valence-corrected chi connectivity index (χ2v) is 8.36. The third-order valence-corrected chi connectivity index (χ3v) is 6.02. The van der Waals surface area contributed by atoms with Gasteiger partial charge in [-0.05, 0) is 34.4 Å². The number of rotatable bonds is 7. The van der Waals surface area contributed by atoms with Crippen molar-refractivity contribution in [2.45, 2.75) is 24.5 Å². The van der Waals surface area contributed by atoms with Gasteiger partial charge in [0.1, 0.15) is 24.6 Å². The molecule has 1 amide bonds. The molecular formula is C25H21ClF3NO5. The van der Waals surface area contributed by atoms with Crippen molar-refractivity contribution >= 4 is 17.7 Å². The van der Waals surface area contributed by atoms with Crippen molar-refractivity contribution in [3.8, 4) is 16.9 Å². The molecule has 0 aromatic heterocycles. The van der Waals surface area contributed by atoms with Crippen molar-refractivity contribution in [3.63, 3.8) is 0 Å². The number of nitrogens with one attached hydrogen (secondary N) is 1. The molecule has 2 atom stereocenters. The molecule has 3 N–H and O–H groups in total. The van der Waals surface area contributed by atoms with Crippen molar-refractivity contribution in [1.82, 2.24) is 5.32 Å². The average molecular weight is 508 g/mol. The molecule has 0 fully saturated rings. The number of aliphatic hydroxyl groups excluding tert-OH is 2. The molecule has 2 unspecified atom stereocenters. The van der Waals surface area contributed by atoms with Crippen LogP contribution in [-0.4, -0.2) is 41.9 Å². The first-order valence-corrected chi connectivity index (χ1v) is 11.0. The van der Waals surface area contributed by atoms with E-state index in [1.54, 1.807) is 0 Å². The summed E-state index contributed by atoms with van der Waals surface area (Å²) in [6, 6.07) is 18.7. The summed E-state index contributed by atoms with van der Waals surface area (Å²) in [6.45, 7) is -0.306. The first kappa shape index (κ1) is 24.8. The predicted octanol–water partition coefficient (Wildman–Crippen LogP) is 5.17. The smallest absolute Gasteiger partial charge is 0.449 e. The Morgan fingerprint density at radius 3 is 2.17 bits per heavy atom. The van der Waals surface area contributed by atoms with Crippen LogP contribution in [-0.2, 0) is 4.74 Å². The molecule has 10 heteroatoms. The number of ether oxygens (including phenoxy) is 2. The molecule has 184 valence electrons. The van der Waals surface area contributed by atoms with Crippen LogP contribution < -0.4 is 10.1 Å². The van der Waals surface area contributed by atoms with Gasteiger partial charge in [0, 0.05) is 18.0 Å². The Labute approximate surface area is 203 Å². The Morgan fingerprint density at radius 2 is 1.60 bits per heavy atom. The number of hydrogen-bond acceptors (Lipinski definition) is 5. The van der Waals surface area contributed by atoms with Gasteiger partial charge in [0.15, 0.2) is 0 Å². The number of halogens is 4. The van der Waals surface area contributed by atoms with Crippen molar-refractivity contribution in [3.05, 3.63) is 88.4 Å². The topological polar surface area (TPSA) is 88.0 Å². The molecule has 1 aliphatic carbocycles. The standard InChI is InChI=1S/C25H21ClF3NO5/c26-21-11-14(35-25(27,28)29)9-10-19(21)23(32)22(31)12-30-24(33)34-13-20-17-7-3-1-5-15(17)16-6-2-4-8-18(16)20/h1-11,20,22-23,31-32H,12-13H2,(H,30,33). The largest absolute Gasteiger partial charge is 0.573 e. The van der Waals surface area contributed by atoms with Crippen LogP contribution in [0.1, 0.15) is 28.7 Å². The van der Waals surface area contributed by atoms with Crippen LogP contribution in [0.5, 0.6) is 5.75 Å². The number of carbonyl (C=O) groups excluding carboxylic acids is 1. The molecule has 0 aliphatic heterocycles. The van der Waals surface area contributed by atoms with E-state index in [1.807, 2.05) is 48.5 Å². The maximum atomic E-state index is 12.3. The van der Waals surface area contributed by atoms with Crippen molar-refractivity contribution in [2.24, 2.45) is 0 Å². The molecule has 6 nitrogen and oxygen atoms in total. The van der Waals surface area contributed by atoms with Crippen molar-refractivity contribution < 1.29 is 37.7 Å². The second-order valence-electron chi connectivity index (χ2n) is 7.95. The number of benzene rings is 3. The summed E-state index contributed by atoms with van der Waals surface area (Å²) in [7, 11) is 0. The summed E-state index contributed by atoms with van der Waals surface area (Å²) in [4.78, 5) is 12.3. The Hall–Kier alpha value is -3.27. The molecule has 0 radical (unpaired) electrons. The molecule has 0 saturated carbocycles. The SMILES string of the molecule is O=C(NCC(O)C(O)c1ccc(OC(F)(F)F)cc1Cl)OCC1c2ccccc2-c2ccccc21. The van der Waals surface area contributed by atoms with Crippen LogP contribution in [0.2, 0.25) is 5.02 Å². The summed E-state index contributed by atoms with van der Waals surface area (Å²) in [5, 5.41) is 22.7. The average Bonchev–Trinajstić information content (AvgIpc) is 3.13. The lowest BCUT2D eigenvalue weighted by atomic mass is 9.98. The molecule has 4 rings (SSSR count). The lowest BCUT2D eigenvalue weighted by Crippen LogP contribution is -2.36. The fourth-order valence-electron chi connectivity index (χ4n) is 4.10. The lowest BCUT2D eigenvalue weighted by molar-refractivity contribution is -0.274. The highest BCUT2D eigenvalue weighted by Gasteiger charge is 2.32. The molecule has 3 aromatic carbocycles. The third-order valence-electron chi connectivity index (χ3n) is 5.69. The van der Waals surface area contributed by atoms with Gasteiger partial charge in [-0.2, -0.15) is 0 Å². The van der Waals surface area contributed by atoms with Gasteiger partial charge in [-0.1, -0.05) is 66.2 Å². The number of amides is 1. The maximum absolute atomic E-state index is 12.3. The fraction of sp³-hybridized carbons (Fsp3) is 0.240. The van der Waals surface area contributed by atoms with Crippen molar-refractivity contribution in [1.29, 1.82) is 0 Å². The molecule has 0 bridgehead atoms. The van der Waals surface area contributed by atoms with E-state index in [0.29, 0.717) is 0 Å². The van der Waals surface area contributed by atoms with Gasteiger partial charge in [0.25, 0.3) is 0 Å². The van der Waals surface area contributed by atoms with Crippen molar-refractivity contribution in [2.75, 3.05) is 13.2 Å². The zero-order valence-electron chi connectivity index (χ0n) is 18.1. The normalized spacial score (nSPS) is 14.6. The number of alkyl halides is 3. The van der Waals surface area contributed by atoms with Crippen LogP contribution in [0.4, 0.5) is 18.0 Å². The summed E-state index contributed by atoms with van der Waals surface area (Å²) in [6.07, 6.45) is -8.76. The lowest BCUT2D eigenvalue weighted by Gasteiger charge is -2.20. The van der Waals surface area contributed by atoms with Crippen LogP contribution in [0.3, 0.4) is 0 Å². The highest BCUT2D eigenvalue weighted by molar-refractivity contribution is 6.31. The molecular weight excluding hydrogens is 487 g/mol. The zero-order valence-corrected chi connectivity index (χ0v) is 18.9. The van der Waals surface area contributed by atoms with E-state index in [9.17, 15) is 28.2 Å². The highest BCUT2D eigenvalue weighted by Crippen LogP contribution is 2.44. The quantitative estimate of drug-likeness (QED) is 0.410. The maximum Gasteiger partial charge on any atom is 0.573 e. The van der Waals surface area contributed by atoms with Gasteiger partial charge in [-0.15, -0.1) is 13.2 Å². The first-order chi connectivity index (χ1) is 16.6. The first-order valence-electron chi connectivity index (χ1n) is 10.6. The van der Waals surface area contributed by atoms with E-state index >= 15 is 0 Å². The van der Waals surface area contributed by atoms with Crippen LogP contribution >= 0.6 is 11.6 Å². The van der Waals surface area contributed by atoms with Gasteiger partial charge in [-0.25, -0.2) is 4.79 Å². The second kappa shape index (κ2) is 10.2. The van der Waals surface area contributed by atoms with Gasteiger partial charge in [0.2, 0.25) is 0 Å². The molecule has 1 aliphatic rings. The summed E-state index contributed by atoms with van der Waals surface area (Å²) in [5.74, 6) is -0.704. The van der Waals surface area contributed by atoms with Gasteiger partial charge in [-0.3, -0.25) is 0 Å². The summed E-state index contributed by atoms with van der Waals surface area (Å²) < 4.78 is 46.1. The number of hydrogen-bond donors (Lipinski definition) is 3. The van der Waals surface area contributed by atoms with Gasteiger partial charge >= 0.3 is 12.5 Å². The summed E-state index contributed by atoms with van der Waals surface area (Å²) >= 11 is 5.93. The van der Waals surface area contributed by atoms with E-state index in [2.05, 4.69) is 10.1 Å². The number of carbonyl (C=O) groups is 1. The minimum absolute atomic E-state index is 0.0250. The number of aliphatic hydroxyl groups is 2. The minimum atomic E-state index is -4.89. The third kappa shape index (κ3) is 5.70. The molecule has 35 heavy (non-hydrogen) atoms. The van der Waals surface area contributed by atoms with Gasteiger partial charge in [0.05, 0.1) is 5.02 Å². The number of alkyl carbamates (subject to hydrolysis) is 1. The zero-order chi connectivity index (χ0) is 25.2. The predicted molar refractivity (Wildman–Crippen MR) is 122 cm³/mol. The van der Waals surface area contributed by atoms with Crippen LogP contribution in [0.15, 0.2) is 66.7 Å². The number of fused-ring (bicyclic) bond motifs is 3.